The van der Waals surface area contributed by atoms with Gasteiger partial charge in [-0.15, -0.1) is 36.0 Å². The van der Waals surface area contributed by atoms with Gasteiger partial charge in [-0.05, 0) is 70.3 Å². The Labute approximate surface area is 417 Å². The van der Waals surface area contributed by atoms with Gasteiger partial charge in [0.1, 0.15) is 18.0 Å². The van der Waals surface area contributed by atoms with Crippen molar-refractivity contribution in [2.75, 3.05) is 39.2 Å². The number of ether oxygens (including phenoxy) is 4. The molecule has 2 aliphatic heterocycles. The number of H-pyrrole nitrogens is 2. The smallest absolute Gasteiger partial charge is 0.339 e. The number of halogens is 3. The van der Waals surface area contributed by atoms with E-state index in [2.05, 4.69) is 27.1 Å². The van der Waals surface area contributed by atoms with Crippen molar-refractivity contribution in [2.45, 2.75) is 44.4 Å². The third-order valence-corrected chi connectivity index (χ3v) is 11.8. The number of rotatable bonds is 10. The van der Waals surface area contributed by atoms with E-state index in [1.807, 2.05) is 60.7 Å². The lowest BCUT2D eigenvalue weighted by Crippen LogP contribution is -2.52. The van der Waals surface area contributed by atoms with E-state index in [9.17, 15) is 28.8 Å². The maximum absolute atomic E-state index is 13.0. The highest BCUT2D eigenvalue weighted by molar-refractivity contribution is 6.92. The Bertz CT molecular complexity index is 2890. The van der Waals surface area contributed by atoms with Crippen LogP contribution in [0.5, 0.6) is 0 Å². The predicted octanol–water partition coefficient (Wildman–Crippen LogP) is 7.63. The number of amides is 1. The van der Waals surface area contributed by atoms with Gasteiger partial charge in [-0.25, -0.2) is 14.4 Å². The third kappa shape index (κ3) is 12.5. The Morgan fingerprint density at radius 3 is 1.59 bits per heavy atom. The SMILES string of the molecule is C.C#CCOC(=O)c1ccc(C2N[C@H](C(=O)OC)Cc3c2[nH]c2ccccc32)cc1.C#CCOC(=O)c1ccc(C2c3[nH]c4ccccc4c3C[C@@H](C(=O)OC)N2C(=O)CCl)cc1.O=C(Cl)CCl.P. The van der Waals surface area contributed by atoms with Crippen molar-refractivity contribution in [3.05, 3.63) is 142 Å². The van der Waals surface area contributed by atoms with Crippen molar-refractivity contribution in [3.63, 3.8) is 0 Å². The Hall–Kier alpha value is -6.64. The molecule has 2 aliphatic rings. The minimum Gasteiger partial charge on any atom is -0.468 e. The largest absolute Gasteiger partial charge is 0.468 e. The van der Waals surface area contributed by atoms with E-state index < -0.39 is 47.2 Å². The summed E-state index contributed by atoms with van der Waals surface area (Å²) in [7, 11) is 2.68. The first-order valence-corrected chi connectivity index (χ1v) is 22.0. The van der Waals surface area contributed by atoms with Crippen LogP contribution in [0.4, 0.5) is 0 Å². The van der Waals surface area contributed by atoms with Crippen molar-refractivity contribution in [1.82, 2.24) is 20.2 Å². The molecule has 360 valence electrons. The number of esters is 4. The van der Waals surface area contributed by atoms with Gasteiger partial charge in [-0.3, -0.25) is 19.7 Å². The van der Waals surface area contributed by atoms with Crippen LogP contribution in [0.1, 0.15) is 73.9 Å². The van der Waals surface area contributed by atoms with E-state index in [1.165, 1.54) is 19.1 Å². The highest BCUT2D eigenvalue weighted by Crippen LogP contribution is 2.42. The van der Waals surface area contributed by atoms with Gasteiger partial charge in [0.25, 0.3) is 0 Å². The van der Waals surface area contributed by atoms with Crippen molar-refractivity contribution in [1.29, 1.82) is 0 Å². The topological polar surface area (TPSA) is 186 Å². The zero-order chi connectivity index (χ0) is 48.2. The molecular formula is C51H50Cl3N4O10P. The van der Waals surface area contributed by atoms with E-state index in [-0.39, 0.29) is 54.3 Å². The van der Waals surface area contributed by atoms with Gasteiger partial charge in [0.2, 0.25) is 11.1 Å². The Morgan fingerprint density at radius 1 is 0.667 bits per heavy atom. The number of carbonyl (C=O) groups is 6. The summed E-state index contributed by atoms with van der Waals surface area (Å²) in [6.07, 6.45) is 11.1. The number of hydrogen-bond donors (Lipinski definition) is 3. The molecule has 6 aromatic rings. The fraction of sp³-hybridized carbons (Fsp3) is 0.255. The molecule has 4 aromatic carbocycles. The molecule has 3 unspecified atom stereocenters. The van der Waals surface area contributed by atoms with Gasteiger partial charge in [0, 0.05) is 46.0 Å². The van der Waals surface area contributed by atoms with Crippen molar-refractivity contribution < 1.29 is 47.7 Å². The van der Waals surface area contributed by atoms with Gasteiger partial charge in [0.15, 0.2) is 13.2 Å². The van der Waals surface area contributed by atoms with E-state index >= 15 is 0 Å². The molecule has 0 spiro atoms. The summed E-state index contributed by atoms with van der Waals surface area (Å²) >= 11 is 15.5. The molecule has 0 aliphatic carbocycles. The molecule has 2 aromatic heterocycles. The first-order chi connectivity index (χ1) is 32.4. The molecule has 5 atom stereocenters. The average molecular weight is 1020 g/mol. The van der Waals surface area contributed by atoms with Gasteiger partial charge >= 0.3 is 23.9 Å². The summed E-state index contributed by atoms with van der Waals surface area (Å²) in [4.78, 5) is 79.9. The number of nitrogens with one attached hydrogen (secondary N) is 3. The lowest BCUT2D eigenvalue weighted by molar-refractivity contribution is -0.154. The zero-order valence-corrected chi connectivity index (χ0v) is 40.5. The molecule has 0 bridgehead atoms. The van der Waals surface area contributed by atoms with Crippen LogP contribution in [0.25, 0.3) is 21.8 Å². The van der Waals surface area contributed by atoms with Crippen molar-refractivity contribution in [2.24, 2.45) is 0 Å². The fourth-order valence-electron chi connectivity index (χ4n) is 8.12. The quantitative estimate of drug-likeness (QED) is 0.0306. The van der Waals surface area contributed by atoms with Crippen molar-refractivity contribution in [3.8, 4) is 24.7 Å². The van der Waals surface area contributed by atoms with Crippen LogP contribution in [-0.4, -0.2) is 101 Å². The second-order valence-corrected chi connectivity index (χ2v) is 15.8. The van der Waals surface area contributed by atoms with Crippen LogP contribution in [0, 0.1) is 24.7 Å². The molecule has 18 heteroatoms. The number of terminal acetylenes is 2. The molecule has 3 N–H and O–H groups in total. The second-order valence-electron chi connectivity index (χ2n) is 14.9. The summed E-state index contributed by atoms with van der Waals surface area (Å²) in [5, 5.41) is 4.93. The maximum atomic E-state index is 13.0. The van der Waals surface area contributed by atoms with Crippen LogP contribution in [0.2, 0.25) is 0 Å². The van der Waals surface area contributed by atoms with Gasteiger partial charge in [0.05, 0.1) is 43.3 Å². The first-order valence-electron chi connectivity index (χ1n) is 20.5. The number of aromatic amines is 2. The molecule has 1 amide bonds. The number of aromatic nitrogens is 2. The maximum Gasteiger partial charge on any atom is 0.339 e. The minimum absolute atomic E-state index is 0. The monoisotopic (exact) mass is 1010 g/mol. The van der Waals surface area contributed by atoms with Gasteiger partial charge < -0.3 is 33.8 Å². The Kier molecular flexibility index (Phi) is 20.4. The molecule has 0 saturated carbocycles. The normalized spacial score (nSPS) is 16.3. The number of hydrogen-bond acceptors (Lipinski definition) is 11. The number of fused-ring (bicyclic) bond motifs is 6. The number of para-hydroxylation sites is 2. The van der Waals surface area contributed by atoms with Crippen LogP contribution in [0.15, 0.2) is 97.1 Å². The Morgan fingerprint density at radius 2 is 1.13 bits per heavy atom. The molecule has 0 fully saturated rings. The number of carbonyl (C=O) groups excluding carboxylic acids is 6. The van der Waals surface area contributed by atoms with E-state index in [0.29, 0.717) is 29.5 Å². The average Bonchev–Trinajstić information content (AvgIpc) is 3.94. The zero-order valence-electron chi connectivity index (χ0n) is 36.8. The lowest BCUT2D eigenvalue weighted by atomic mass is 9.87. The summed E-state index contributed by atoms with van der Waals surface area (Å²) in [6.45, 7) is -0.190. The van der Waals surface area contributed by atoms with E-state index in [0.717, 1.165) is 49.9 Å². The first kappa shape index (κ1) is 55.0. The van der Waals surface area contributed by atoms with Crippen LogP contribution in [-0.2, 0) is 51.0 Å². The van der Waals surface area contributed by atoms with Crippen LogP contribution < -0.4 is 5.32 Å². The minimum atomic E-state index is -0.849. The third-order valence-electron chi connectivity index (χ3n) is 11.0. The fourth-order valence-corrected chi connectivity index (χ4v) is 8.26. The molecule has 14 nitrogen and oxygen atoms in total. The number of benzene rings is 4. The summed E-state index contributed by atoms with van der Waals surface area (Å²) in [5.41, 5.74) is 8.09. The highest BCUT2D eigenvalue weighted by Gasteiger charge is 2.44. The van der Waals surface area contributed by atoms with Crippen LogP contribution >= 0.6 is 44.7 Å². The van der Waals surface area contributed by atoms with Crippen molar-refractivity contribution >= 4 is 102 Å². The number of alkyl halides is 2. The Balaban J connectivity index is 0.000000268. The molecule has 69 heavy (non-hydrogen) atoms. The highest BCUT2D eigenvalue weighted by atomic mass is 35.5. The molecule has 0 saturated heterocycles. The summed E-state index contributed by atoms with van der Waals surface area (Å²) in [5.74, 6) is 1.89. The van der Waals surface area contributed by atoms with E-state index in [4.69, 9.17) is 66.6 Å². The molecule has 8 rings (SSSR count). The second kappa shape index (κ2) is 25.6. The summed E-state index contributed by atoms with van der Waals surface area (Å²) in [6, 6.07) is 27.3. The standard InChI is InChI=1S/C25H21ClN2O5.C23H20N2O4.C2H2Cl2O.CH4.H3P/c1-3-12-33-24(30)16-10-8-15(9-11-16)23-22-18(17-6-4-5-7-19(17)27-22)13-20(25(31)32-2)28(23)21(29)14-26;1-3-12-29-22(26)15-10-8-14(9-11-15)20-21-17(13-19(25-20)23(27)28-2)16-6-4-5-7-18(16)24-21;3-1-2(4)5;;/h1,4-11,20,23,27H,12-14H2,2H3;1,4-11,19-20,24-25H,12-13H2,2H3;1H2;1H4;1H3/t20-,23?;19-,20?;;;/m00.../s1. The molecule has 4 heterocycles. The molecular weight excluding hydrogens is 966 g/mol. The number of nitrogens with zero attached hydrogens (tertiary/aromatic N) is 1. The van der Waals surface area contributed by atoms with Gasteiger partial charge in [-0.1, -0.05) is 79.9 Å². The van der Waals surface area contributed by atoms with E-state index in [1.54, 1.807) is 36.4 Å². The number of methoxy groups -OCH3 is 2. The predicted molar refractivity (Wildman–Crippen MR) is 271 cm³/mol. The summed E-state index contributed by atoms with van der Waals surface area (Å²) < 4.78 is 19.9. The lowest BCUT2D eigenvalue weighted by Gasteiger charge is -2.40. The van der Waals surface area contributed by atoms with Crippen LogP contribution in [0.3, 0.4) is 0 Å². The molecule has 0 radical (unpaired) electrons. The van der Waals surface area contributed by atoms with Gasteiger partial charge in [-0.2, -0.15) is 9.90 Å².